The molecule has 1 aromatic heterocycles. The number of benzene rings is 2. The number of carbonyl (C=O) groups is 1. The maximum Gasteiger partial charge on any atom is 0.241 e. The van der Waals surface area contributed by atoms with E-state index in [0.717, 1.165) is 43.6 Å². The van der Waals surface area contributed by atoms with Crippen molar-refractivity contribution in [1.29, 1.82) is 0 Å². The summed E-state index contributed by atoms with van der Waals surface area (Å²) in [6, 6.07) is 16.0. The highest BCUT2D eigenvalue weighted by atomic mass is 35.5. The molecule has 0 spiro atoms. The van der Waals surface area contributed by atoms with Gasteiger partial charge in [0.05, 0.1) is 18.5 Å². The maximum atomic E-state index is 13.1. The first-order chi connectivity index (χ1) is 17.5. The van der Waals surface area contributed by atoms with Crippen LogP contribution in [0.4, 0.5) is 5.69 Å². The van der Waals surface area contributed by atoms with Crippen LogP contribution in [0.5, 0.6) is 0 Å². The highest BCUT2D eigenvalue weighted by Gasteiger charge is 2.28. The van der Waals surface area contributed by atoms with Gasteiger partial charge in [-0.25, -0.2) is 0 Å². The summed E-state index contributed by atoms with van der Waals surface area (Å²) in [6.45, 7) is 6.47. The third-order valence-corrected chi connectivity index (χ3v) is 7.53. The number of halogens is 1. The van der Waals surface area contributed by atoms with Crippen LogP contribution in [-0.2, 0) is 11.3 Å². The number of hydrogen-bond acceptors (Lipinski definition) is 6. The van der Waals surface area contributed by atoms with E-state index in [9.17, 15) is 4.79 Å². The molecule has 0 saturated carbocycles. The van der Waals surface area contributed by atoms with Crippen LogP contribution in [-0.4, -0.2) is 47.1 Å². The molecule has 2 aliphatic rings. The van der Waals surface area contributed by atoms with Gasteiger partial charge in [-0.1, -0.05) is 28.9 Å². The monoisotopic (exact) mass is 507 g/mol. The van der Waals surface area contributed by atoms with E-state index in [-0.39, 0.29) is 17.9 Å². The molecule has 8 heteroatoms. The molecular weight excluding hydrogens is 474 g/mol. The molecule has 2 fully saturated rings. The van der Waals surface area contributed by atoms with Crippen molar-refractivity contribution in [1.82, 2.24) is 20.4 Å². The number of piperidine rings is 2. The molecule has 3 heterocycles. The van der Waals surface area contributed by atoms with E-state index in [1.54, 1.807) is 0 Å². The SMILES string of the molecule is CC(NC(=O)C1CCCN(Cc2nc(-c3ccc(Cl)cc3)no2)C1)c1ccc(N2CCCCC2)cc1. The number of nitrogens with zero attached hydrogens (tertiary/aromatic N) is 4. The van der Waals surface area contributed by atoms with Gasteiger partial charge in [0, 0.05) is 35.9 Å². The van der Waals surface area contributed by atoms with Gasteiger partial charge in [0.25, 0.3) is 0 Å². The summed E-state index contributed by atoms with van der Waals surface area (Å²) in [4.78, 5) is 22.3. The standard InChI is InChI=1S/C28H34ClN5O2/c1-20(21-9-13-25(14-10-21)34-16-3-2-4-17-34)30-28(35)23-6-5-15-33(18-23)19-26-31-27(32-36-26)22-7-11-24(29)12-8-22/h7-14,20,23H,2-6,15-19H2,1H3,(H,30,35). The van der Waals surface area contributed by atoms with E-state index in [1.807, 2.05) is 24.3 Å². The Labute approximate surface area is 217 Å². The number of rotatable bonds is 7. The molecule has 3 aromatic rings. The Morgan fingerprint density at radius 3 is 2.56 bits per heavy atom. The van der Waals surface area contributed by atoms with E-state index >= 15 is 0 Å². The number of aromatic nitrogens is 2. The number of carbonyl (C=O) groups excluding carboxylic acids is 1. The Morgan fingerprint density at radius 2 is 1.81 bits per heavy atom. The average Bonchev–Trinajstić information content (AvgIpc) is 3.38. The molecule has 2 saturated heterocycles. The number of anilines is 1. The molecule has 2 unspecified atom stereocenters. The zero-order chi connectivity index (χ0) is 24.9. The lowest BCUT2D eigenvalue weighted by molar-refractivity contribution is -0.127. The topological polar surface area (TPSA) is 74.5 Å². The molecule has 7 nitrogen and oxygen atoms in total. The van der Waals surface area contributed by atoms with Crippen molar-refractivity contribution in [3.05, 3.63) is 65.0 Å². The van der Waals surface area contributed by atoms with Crippen LogP contribution < -0.4 is 10.2 Å². The van der Waals surface area contributed by atoms with E-state index < -0.39 is 0 Å². The second kappa shape index (κ2) is 11.4. The summed E-state index contributed by atoms with van der Waals surface area (Å²) in [5.74, 6) is 1.17. The number of nitrogens with one attached hydrogen (secondary N) is 1. The predicted octanol–water partition coefficient (Wildman–Crippen LogP) is 5.47. The Morgan fingerprint density at radius 1 is 1.06 bits per heavy atom. The minimum Gasteiger partial charge on any atom is -0.372 e. The molecular formula is C28H34ClN5O2. The van der Waals surface area contributed by atoms with Crippen LogP contribution in [0.2, 0.25) is 5.02 Å². The Hall–Kier alpha value is -2.90. The van der Waals surface area contributed by atoms with Crippen molar-refractivity contribution in [3.63, 3.8) is 0 Å². The van der Waals surface area contributed by atoms with Gasteiger partial charge >= 0.3 is 0 Å². The van der Waals surface area contributed by atoms with Crippen molar-refractivity contribution < 1.29 is 9.32 Å². The Bertz CT molecular complexity index is 1140. The van der Waals surface area contributed by atoms with Crippen LogP contribution in [0.15, 0.2) is 53.1 Å². The summed E-state index contributed by atoms with van der Waals surface area (Å²) >= 11 is 5.97. The van der Waals surface area contributed by atoms with Gasteiger partial charge in [-0.3, -0.25) is 9.69 Å². The van der Waals surface area contributed by atoms with Crippen molar-refractivity contribution in [2.75, 3.05) is 31.1 Å². The van der Waals surface area contributed by atoms with Crippen LogP contribution in [0.25, 0.3) is 11.4 Å². The van der Waals surface area contributed by atoms with Gasteiger partial charge in [-0.05, 0) is 87.5 Å². The number of amides is 1. The zero-order valence-corrected chi connectivity index (χ0v) is 21.6. The molecule has 1 amide bonds. The molecule has 0 aliphatic carbocycles. The Balaban J connectivity index is 1.14. The maximum absolute atomic E-state index is 13.1. The van der Waals surface area contributed by atoms with Gasteiger partial charge in [0.15, 0.2) is 0 Å². The second-order valence-corrected chi connectivity index (χ2v) is 10.4. The van der Waals surface area contributed by atoms with Gasteiger partial charge in [-0.2, -0.15) is 4.98 Å². The van der Waals surface area contributed by atoms with Gasteiger partial charge < -0.3 is 14.7 Å². The summed E-state index contributed by atoms with van der Waals surface area (Å²) in [5, 5.41) is 8.01. The lowest BCUT2D eigenvalue weighted by atomic mass is 9.96. The van der Waals surface area contributed by atoms with E-state index in [4.69, 9.17) is 16.1 Å². The van der Waals surface area contributed by atoms with Crippen LogP contribution in [0.1, 0.15) is 56.5 Å². The van der Waals surface area contributed by atoms with E-state index in [1.165, 1.54) is 24.9 Å². The third-order valence-electron chi connectivity index (χ3n) is 7.28. The first-order valence-corrected chi connectivity index (χ1v) is 13.4. The summed E-state index contributed by atoms with van der Waals surface area (Å²) < 4.78 is 5.48. The fourth-order valence-corrected chi connectivity index (χ4v) is 5.31. The molecule has 2 aliphatic heterocycles. The molecule has 0 bridgehead atoms. The van der Waals surface area contributed by atoms with Crippen LogP contribution in [0, 0.1) is 5.92 Å². The summed E-state index contributed by atoms with van der Waals surface area (Å²) in [6.07, 6.45) is 5.72. The molecule has 2 aromatic carbocycles. The van der Waals surface area contributed by atoms with Crippen LogP contribution in [0.3, 0.4) is 0 Å². The first-order valence-electron chi connectivity index (χ1n) is 13.0. The smallest absolute Gasteiger partial charge is 0.241 e. The molecule has 0 radical (unpaired) electrons. The molecule has 190 valence electrons. The average molecular weight is 508 g/mol. The first kappa shape index (κ1) is 24.8. The van der Waals surface area contributed by atoms with Gasteiger partial charge in [-0.15, -0.1) is 0 Å². The highest BCUT2D eigenvalue weighted by Crippen LogP contribution is 2.25. The predicted molar refractivity (Wildman–Crippen MR) is 142 cm³/mol. The lowest BCUT2D eigenvalue weighted by Crippen LogP contribution is -2.43. The number of likely N-dealkylation sites (tertiary alicyclic amines) is 1. The third kappa shape index (κ3) is 6.08. The largest absolute Gasteiger partial charge is 0.372 e. The van der Waals surface area contributed by atoms with Crippen molar-refractivity contribution in [3.8, 4) is 11.4 Å². The van der Waals surface area contributed by atoms with E-state index in [0.29, 0.717) is 29.8 Å². The Kier molecular flexibility index (Phi) is 7.87. The fraction of sp³-hybridized carbons (Fsp3) is 0.464. The van der Waals surface area contributed by atoms with Gasteiger partial charge in [0.2, 0.25) is 17.6 Å². The van der Waals surface area contributed by atoms with Crippen LogP contribution >= 0.6 is 11.6 Å². The highest BCUT2D eigenvalue weighted by molar-refractivity contribution is 6.30. The van der Waals surface area contributed by atoms with E-state index in [2.05, 4.69) is 56.4 Å². The molecule has 5 rings (SSSR count). The lowest BCUT2D eigenvalue weighted by Gasteiger charge is -2.31. The van der Waals surface area contributed by atoms with Gasteiger partial charge in [0.1, 0.15) is 0 Å². The molecule has 1 N–H and O–H groups in total. The van der Waals surface area contributed by atoms with Crippen molar-refractivity contribution in [2.24, 2.45) is 5.92 Å². The normalized spacial score (nSPS) is 19.7. The molecule has 2 atom stereocenters. The minimum atomic E-state index is -0.0486. The second-order valence-electron chi connectivity index (χ2n) is 9.96. The minimum absolute atomic E-state index is 0.0267. The molecule has 36 heavy (non-hydrogen) atoms. The summed E-state index contributed by atoms with van der Waals surface area (Å²) in [5.41, 5.74) is 3.28. The van der Waals surface area contributed by atoms with Crippen molar-refractivity contribution >= 4 is 23.2 Å². The zero-order valence-electron chi connectivity index (χ0n) is 20.8. The quantitative estimate of drug-likeness (QED) is 0.457. The summed E-state index contributed by atoms with van der Waals surface area (Å²) in [7, 11) is 0. The van der Waals surface area contributed by atoms with Crippen molar-refractivity contribution in [2.45, 2.75) is 51.6 Å². The fourth-order valence-electron chi connectivity index (χ4n) is 5.18. The number of hydrogen-bond donors (Lipinski definition) is 1.